The molecule has 2 heterocycles. The molecule has 1 N–H and O–H groups in total. The van der Waals surface area contributed by atoms with Gasteiger partial charge in [-0.1, -0.05) is 0 Å². The van der Waals surface area contributed by atoms with Crippen LogP contribution in [0.3, 0.4) is 0 Å². The van der Waals surface area contributed by atoms with Crippen molar-refractivity contribution in [1.29, 1.82) is 0 Å². The number of ether oxygens (including phenoxy) is 3. The van der Waals surface area contributed by atoms with E-state index in [0.29, 0.717) is 19.0 Å². The Hall–Kier alpha value is -1.98. The predicted molar refractivity (Wildman–Crippen MR) is 111 cm³/mol. The first kappa shape index (κ1) is 23.7. The van der Waals surface area contributed by atoms with Gasteiger partial charge in [-0.3, -0.25) is 0 Å². The molecule has 0 aromatic carbocycles. The highest BCUT2D eigenvalue weighted by Crippen LogP contribution is 2.27. The van der Waals surface area contributed by atoms with Gasteiger partial charge in [-0.05, 0) is 45.4 Å². The van der Waals surface area contributed by atoms with Gasteiger partial charge in [0.05, 0.1) is 31.2 Å². The van der Waals surface area contributed by atoms with Crippen LogP contribution in [0.25, 0.3) is 0 Å². The number of carbonyl (C=O) groups excluding carboxylic acids is 1. The van der Waals surface area contributed by atoms with E-state index in [1.807, 2.05) is 0 Å². The quantitative estimate of drug-likeness (QED) is 0.649. The normalized spacial score (nSPS) is 23.9. The molecular weight excluding hydrogens is 426 g/mol. The summed E-state index contributed by atoms with van der Waals surface area (Å²) in [7, 11) is -3.37. The van der Waals surface area contributed by atoms with Crippen molar-refractivity contribution >= 4 is 15.9 Å². The first-order chi connectivity index (χ1) is 14.7. The second-order valence-electron chi connectivity index (χ2n) is 8.18. The van der Waals surface area contributed by atoms with Crippen LogP contribution in [0.4, 0.5) is 4.79 Å². The summed E-state index contributed by atoms with van der Waals surface area (Å²) in [6.07, 6.45) is 7.98. The van der Waals surface area contributed by atoms with Crippen LogP contribution in [0.2, 0.25) is 0 Å². The van der Waals surface area contributed by atoms with Crippen LogP contribution in [0.1, 0.15) is 45.4 Å². The first-order valence-electron chi connectivity index (χ1n) is 10.6. The molecule has 10 nitrogen and oxygen atoms in total. The first-order valence-corrected chi connectivity index (χ1v) is 12.5. The van der Waals surface area contributed by atoms with Gasteiger partial charge in [0.2, 0.25) is 5.88 Å². The Morgan fingerprint density at radius 2 is 1.71 bits per heavy atom. The second kappa shape index (κ2) is 10.6. The van der Waals surface area contributed by atoms with Gasteiger partial charge in [-0.15, -0.1) is 0 Å². The molecule has 1 amide bonds. The van der Waals surface area contributed by atoms with E-state index in [0.717, 1.165) is 44.8 Å². The Balaban J connectivity index is 1.37. The van der Waals surface area contributed by atoms with Crippen molar-refractivity contribution in [1.82, 2.24) is 14.9 Å². The zero-order chi connectivity index (χ0) is 22.4. The topological polar surface area (TPSA) is 128 Å². The van der Waals surface area contributed by atoms with Gasteiger partial charge in [0.25, 0.3) is 0 Å². The summed E-state index contributed by atoms with van der Waals surface area (Å²) >= 11 is 0. The van der Waals surface area contributed by atoms with Crippen LogP contribution in [0.5, 0.6) is 5.88 Å². The van der Waals surface area contributed by atoms with E-state index < -0.39 is 15.9 Å². The molecule has 174 valence electrons. The molecule has 0 unspecified atom stereocenters. The summed E-state index contributed by atoms with van der Waals surface area (Å²) in [6.45, 7) is 2.64. The van der Waals surface area contributed by atoms with Crippen molar-refractivity contribution in [2.45, 2.75) is 74.9 Å². The number of sulfone groups is 1. The SMILES string of the molecule is C[C@@H](CO)OC(=O)N1CCC(O[C@H]2CC[C@H](Oc3cnc(S(C)(=O)=O)cn3)CC2)CC1. The highest BCUT2D eigenvalue weighted by Gasteiger charge is 2.29. The third-order valence-corrected chi connectivity index (χ3v) is 6.51. The van der Waals surface area contributed by atoms with Gasteiger partial charge in [0, 0.05) is 19.3 Å². The molecule has 1 aromatic rings. The summed E-state index contributed by atoms with van der Waals surface area (Å²) in [5.74, 6) is 0.326. The van der Waals surface area contributed by atoms with E-state index in [1.54, 1.807) is 11.8 Å². The van der Waals surface area contributed by atoms with Crippen molar-refractivity contribution in [2.75, 3.05) is 26.0 Å². The summed E-state index contributed by atoms with van der Waals surface area (Å²) in [5.41, 5.74) is 0. The summed E-state index contributed by atoms with van der Waals surface area (Å²) < 4.78 is 40.1. The van der Waals surface area contributed by atoms with Gasteiger partial charge in [0.1, 0.15) is 12.2 Å². The van der Waals surface area contributed by atoms with Crippen molar-refractivity contribution in [3.8, 4) is 5.88 Å². The number of rotatable bonds is 7. The van der Waals surface area contributed by atoms with Gasteiger partial charge in [-0.25, -0.2) is 23.2 Å². The number of piperidine rings is 1. The Morgan fingerprint density at radius 3 is 2.26 bits per heavy atom. The fourth-order valence-electron chi connectivity index (χ4n) is 3.74. The van der Waals surface area contributed by atoms with Gasteiger partial charge >= 0.3 is 6.09 Å². The smallest absolute Gasteiger partial charge is 0.410 e. The van der Waals surface area contributed by atoms with E-state index in [4.69, 9.17) is 19.3 Å². The molecule has 0 spiro atoms. The largest absolute Gasteiger partial charge is 0.473 e. The molecule has 0 bridgehead atoms. The Bertz CT molecular complexity index is 818. The average molecular weight is 458 g/mol. The minimum absolute atomic E-state index is 0.00312. The van der Waals surface area contributed by atoms with Gasteiger partial charge in [-0.2, -0.15) is 0 Å². The molecule has 1 saturated carbocycles. The van der Waals surface area contributed by atoms with Crippen LogP contribution in [0.15, 0.2) is 17.4 Å². The molecule has 2 fully saturated rings. The van der Waals surface area contributed by atoms with Gasteiger partial charge < -0.3 is 24.2 Å². The number of hydrogen-bond donors (Lipinski definition) is 1. The van der Waals surface area contributed by atoms with Crippen LogP contribution < -0.4 is 4.74 Å². The molecule has 1 saturated heterocycles. The zero-order valence-corrected chi connectivity index (χ0v) is 18.8. The van der Waals surface area contributed by atoms with Crippen molar-refractivity contribution in [3.63, 3.8) is 0 Å². The summed E-state index contributed by atoms with van der Waals surface area (Å²) in [4.78, 5) is 21.6. The van der Waals surface area contributed by atoms with E-state index in [1.165, 1.54) is 12.4 Å². The maximum atomic E-state index is 12.0. The molecule has 11 heteroatoms. The lowest BCUT2D eigenvalue weighted by molar-refractivity contribution is -0.0666. The lowest BCUT2D eigenvalue weighted by Gasteiger charge is -2.35. The highest BCUT2D eigenvalue weighted by molar-refractivity contribution is 7.90. The van der Waals surface area contributed by atoms with Crippen molar-refractivity contribution < 1.29 is 32.5 Å². The lowest BCUT2D eigenvalue weighted by atomic mass is 9.94. The molecular formula is C20H31N3O7S. The van der Waals surface area contributed by atoms with Crippen LogP contribution >= 0.6 is 0 Å². The number of aromatic nitrogens is 2. The molecule has 1 aliphatic carbocycles. The minimum atomic E-state index is -3.37. The molecule has 3 rings (SSSR count). The summed E-state index contributed by atoms with van der Waals surface area (Å²) in [6, 6.07) is 0. The van der Waals surface area contributed by atoms with Crippen molar-refractivity contribution in [3.05, 3.63) is 12.4 Å². The van der Waals surface area contributed by atoms with Gasteiger partial charge in [0.15, 0.2) is 14.9 Å². The summed E-state index contributed by atoms with van der Waals surface area (Å²) in [5, 5.41) is 8.92. The van der Waals surface area contributed by atoms with Crippen molar-refractivity contribution in [2.24, 2.45) is 0 Å². The Labute approximate surface area is 182 Å². The second-order valence-corrected chi connectivity index (χ2v) is 10.1. The molecule has 1 aliphatic heterocycles. The maximum absolute atomic E-state index is 12.0. The van der Waals surface area contributed by atoms with Crippen LogP contribution in [0, 0.1) is 0 Å². The van der Waals surface area contributed by atoms with E-state index in [2.05, 4.69) is 9.97 Å². The van der Waals surface area contributed by atoms with E-state index >= 15 is 0 Å². The maximum Gasteiger partial charge on any atom is 0.410 e. The number of amides is 1. The standard InChI is InChI=1S/C20H31N3O7S/c1-14(13-24)28-20(25)23-9-7-17(8-10-23)29-15-3-5-16(6-4-15)30-18-11-22-19(12-21-18)31(2,26)27/h11-12,14-17,24H,3-10,13H2,1-2H3/t14-,15-,16-/m0/s1. The lowest BCUT2D eigenvalue weighted by Crippen LogP contribution is -2.43. The number of aliphatic hydroxyl groups is 1. The van der Waals surface area contributed by atoms with E-state index in [-0.39, 0.29) is 36.0 Å². The van der Waals surface area contributed by atoms with E-state index in [9.17, 15) is 13.2 Å². The Morgan fingerprint density at radius 1 is 1.10 bits per heavy atom. The third kappa shape index (κ3) is 7.01. The number of aliphatic hydroxyl groups excluding tert-OH is 1. The Kier molecular flexibility index (Phi) is 8.06. The number of hydrogen-bond acceptors (Lipinski definition) is 9. The monoisotopic (exact) mass is 457 g/mol. The number of likely N-dealkylation sites (tertiary alicyclic amines) is 1. The number of carbonyl (C=O) groups is 1. The third-order valence-electron chi connectivity index (χ3n) is 5.54. The fraction of sp³-hybridized carbons (Fsp3) is 0.750. The highest BCUT2D eigenvalue weighted by atomic mass is 32.2. The fourth-order valence-corrected chi connectivity index (χ4v) is 4.23. The molecule has 31 heavy (non-hydrogen) atoms. The van der Waals surface area contributed by atoms with Crippen LogP contribution in [-0.2, 0) is 19.3 Å². The zero-order valence-electron chi connectivity index (χ0n) is 18.0. The molecule has 1 atom stereocenters. The minimum Gasteiger partial charge on any atom is -0.473 e. The number of nitrogens with zero attached hydrogens (tertiary/aromatic N) is 3. The molecule has 2 aliphatic rings. The molecule has 0 radical (unpaired) electrons. The average Bonchev–Trinajstić information content (AvgIpc) is 2.75. The van der Waals surface area contributed by atoms with Crippen LogP contribution in [-0.4, -0.2) is 84.9 Å². The molecule has 1 aromatic heterocycles. The predicted octanol–water partition coefficient (Wildman–Crippen LogP) is 1.57.